The van der Waals surface area contributed by atoms with Crippen molar-refractivity contribution in [3.8, 4) is 5.88 Å². The zero-order valence-corrected chi connectivity index (χ0v) is 11.2. The number of rotatable bonds is 5. The molecule has 0 aliphatic rings. The lowest BCUT2D eigenvalue weighted by atomic mass is 9.98. The Balaban J connectivity index is 3.32. The van der Waals surface area contributed by atoms with Crippen LogP contribution in [0, 0.1) is 0 Å². The van der Waals surface area contributed by atoms with Crippen LogP contribution in [0.5, 0.6) is 5.88 Å². The third-order valence-corrected chi connectivity index (χ3v) is 2.54. The molecule has 0 spiro atoms. The third-order valence-electron chi connectivity index (χ3n) is 2.54. The summed E-state index contributed by atoms with van der Waals surface area (Å²) in [6.45, 7) is 0.630. The molecule has 5 nitrogen and oxygen atoms in total. The molecule has 1 amide bonds. The van der Waals surface area contributed by atoms with E-state index in [1.165, 1.54) is 20.4 Å². The van der Waals surface area contributed by atoms with E-state index >= 15 is 0 Å². The second kappa shape index (κ2) is 6.42. The molecule has 0 unspecified atom stereocenters. The van der Waals surface area contributed by atoms with Crippen LogP contribution in [0.15, 0.2) is 12.3 Å². The van der Waals surface area contributed by atoms with Crippen LogP contribution in [0.1, 0.15) is 35.7 Å². The van der Waals surface area contributed by atoms with Crippen molar-refractivity contribution in [2.45, 2.75) is 26.4 Å². The molecule has 0 radical (unpaired) electrons. The molecule has 106 valence electrons. The summed E-state index contributed by atoms with van der Waals surface area (Å²) in [5, 5.41) is 0.932. The lowest BCUT2D eigenvalue weighted by Gasteiger charge is -2.19. The van der Waals surface area contributed by atoms with Gasteiger partial charge in [0.15, 0.2) is 0 Å². The molecule has 1 heterocycles. The SMILES string of the molecule is CON(C)C(=O)c1c(C(C)C)ccnc1OC(F)F. The summed E-state index contributed by atoms with van der Waals surface area (Å²) in [5.74, 6) is -1.03. The van der Waals surface area contributed by atoms with E-state index in [9.17, 15) is 13.6 Å². The Kier molecular flexibility index (Phi) is 5.17. The number of hydroxylamine groups is 2. The third kappa shape index (κ3) is 3.60. The van der Waals surface area contributed by atoms with Gasteiger partial charge >= 0.3 is 6.61 Å². The van der Waals surface area contributed by atoms with E-state index in [4.69, 9.17) is 4.84 Å². The van der Waals surface area contributed by atoms with Crippen molar-refractivity contribution in [1.29, 1.82) is 0 Å². The normalized spacial score (nSPS) is 10.9. The molecule has 7 heteroatoms. The zero-order chi connectivity index (χ0) is 14.6. The van der Waals surface area contributed by atoms with E-state index in [-0.39, 0.29) is 11.5 Å². The zero-order valence-electron chi connectivity index (χ0n) is 11.2. The van der Waals surface area contributed by atoms with Crippen LogP contribution in [-0.4, -0.2) is 36.7 Å². The number of carbonyl (C=O) groups is 1. The van der Waals surface area contributed by atoms with Gasteiger partial charge in [0.25, 0.3) is 5.91 Å². The van der Waals surface area contributed by atoms with Crippen molar-refractivity contribution in [3.63, 3.8) is 0 Å². The smallest absolute Gasteiger partial charge is 0.388 e. The molecule has 0 aliphatic heterocycles. The summed E-state index contributed by atoms with van der Waals surface area (Å²) < 4.78 is 29.0. The van der Waals surface area contributed by atoms with E-state index in [1.807, 2.05) is 13.8 Å². The fourth-order valence-corrected chi connectivity index (χ4v) is 1.57. The van der Waals surface area contributed by atoms with Gasteiger partial charge in [0.2, 0.25) is 5.88 Å². The summed E-state index contributed by atoms with van der Waals surface area (Å²) in [6, 6.07) is 1.60. The highest BCUT2D eigenvalue weighted by molar-refractivity contribution is 5.97. The van der Waals surface area contributed by atoms with Crippen molar-refractivity contribution >= 4 is 5.91 Å². The minimum atomic E-state index is -3.05. The maximum absolute atomic E-state index is 12.4. The van der Waals surface area contributed by atoms with Gasteiger partial charge in [-0.2, -0.15) is 8.78 Å². The maximum Gasteiger partial charge on any atom is 0.388 e. The highest BCUT2D eigenvalue weighted by Crippen LogP contribution is 2.28. The first-order valence-corrected chi connectivity index (χ1v) is 5.64. The number of amides is 1. The van der Waals surface area contributed by atoms with Gasteiger partial charge in [-0.05, 0) is 17.5 Å². The van der Waals surface area contributed by atoms with E-state index in [1.54, 1.807) is 6.07 Å². The molecule has 0 saturated heterocycles. The number of halogens is 2. The molecular formula is C12H16F2N2O3. The van der Waals surface area contributed by atoms with Gasteiger partial charge in [0.1, 0.15) is 5.56 Å². The number of hydrogen-bond acceptors (Lipinski definition) is 4. The minimum Gasteiger partial charge on any atom is -0.416 e. The summed E-state index contributed by atoms with van der Waals surface area (Å²) >= 11 is 0. The predicted octanol–water partition coefficient (Wildman–Crippen LogP) is 2.44. The Hall–Kier alpha value is -1.76. The monoisotopic (exact) mass is 274 g/mol. The summed E-state index contributed by atoms with van der Waals surface area (Å²) in [5.41, 5.74) is 0.557. The van der Waals surface area contributed by atoms with Gasteiger partial charge in [0, 0.05) is 13.2 Å². The second-order valence-corrected chi connectivity index (χ2v) is 4.10. The minimum absolute atomic E-state index is 0.0119. The second-order valence-electron chi connectivity index (χ2n) is 4.10. The van der Waals surface area contributed by atoms with Crippen molar-refractivity contribution < 1.29 is 23.1 Å². The Morgan fingerprint density at radius 3 is 2.53 bits per heavy atom. The van der Waals surface area contributed by atoms with Gasteiger partial charge in [-0.3, -0.25) is 9.63 Å². The van der Waals surface area contributed by atoms with Gasteiger partial charge in [-0.1, -0.05) is 13.8 Å². The van der Waals surface area contributed by atoms with Crippen LogP contribution >= 0.6 is 0 Å². The Morgan fingerprint density at radius 2 is 2.05 bits per heavy atom. The first-order chi connectivity index (χ1) is 8.88. The van der Waals surface area contributed by atoms with Crippen LogP contribution < -0.4 is 4.74 Å². The van der Waals surface area contributed by atoms with E-state index in [2.05, 4.69) is 9.72 Å². The predicted molar refractivity (Wildman–Crippen MR) is 64.1 cm³/mol. The molecule has 0 aromatic carbocycles. The van der Waals surface area contributed by atoms with Gasteiger partial charge < -0.3 is 4.74 Å². The summed E-state index contributed by atoms with van der Waals surface area (Å²) in [7, 11) is 2.68. The van der Waals surface area contributed by atoms with Crippen LogP contribution in [0.4, 0.5) is 8.78 Å². The van der Waals surface area contributed by atoms with Crippen molar-refractivity contribution in [3.05, 3.63) is 23.4 Å². The highest BCUT2D eigenvalue weighted by atomic mass is 19.3. The number of carbonyl (C=O) groups excluding carboxylic acids is 1. The Morgan fingerprint density at radius 1 is 1.42 bits per heavy atom. The lowest BCUT2D eigenvalue weighted by molar-refractivity contribution is -0.0775. The first kappa shape index (κ1) is 15.3. The lowest BCUT2D eigenvalue weighted by Crippen LogP contribution is -2.28. The number of alkyl halides is 2. The average Bonchev–Trinajstić information content (AvgIpc) is 2.35. The van der Waals surface area contributed by atoms with Crippen molar-refractivity contribution in [2.75, 3.05) is 14.2 Å². The molecule has 19 heavy (non-hydrogen) atoms. The summed E-state index contributed by atoms with van der Waals surface area (Å²) in [6.07, 6.45) is 1.33. The molecule has 1 aromatic rings. The molecule has 1 aromatic heterocycles. The molecule has 0 N–H and O–H groups in total. The molecule has 0 aliphatic carbocycles. The Bertz CT molecular complexity index is 453. The Labute approximate surface area is 110 Å². The van der Waals surface area contributed by atoms with Gasteiger partial charge in [-0.25, -0.2) is 10.0 Å². The van der Waals surface area contributed by atoms with E-state index in [0.29, 0.717) is 5.56 Å². The fraction of sp³-hybridized carbons (Fsp3) is 0.500. The first-order valence-electron chi connectivity index (χ1n) is 5.64. The number of hydrogen-bond donors (Lipinski definition) is 0. The van der Waals surface area contributed by atoms with Gasteiger partial charge in [0.05, 0.1) is 7.11 Å². The van der Waals surface area contributed by atoms with Crippen LogP contribution in [0.2, 0.25) is 0 Å². The molecule has 0 bridgehead atoms. The summed E-state index contributed by atoms with van der Waals surface area (Å²) in [4.78, 5) is 20.6. The standard InChI is InChI=1S/C12H16F2N2O3/c1-7(2)8-5-6-15-10(19-12(13)14)9(8)11(17)16(3)18-4/h5-7,12H,1-4H3. The molecular weight excluding hydrogens is 258 g/mol. The number of aromatic nitrogens is 1. The molecule has 0 atom stereocenters. The van der Waals surface area contributed by atoms with Crippen LogP contribution in [0.3, 0.4) is 0 Å². The molecule has 1 rings (SSSR count). The van der Waals surface area contributed by atoms with Crippen LogP contribution in [0.25, 0.3) is 0 Å². The average molecular weight is 274 g/mol. The largest absolute Gasteiger partial charge is 0.416 e. The van der Waals surface area contributed by atoms with Crippen LogP contribution in [-0.2, 0) is 4.84 Å². The molecule has 0 fully saturated rings. The fourth-order valence-electron chi connectivity index (χ4n) is 1.57. The number of nitrogens with zero attached hydrogens (tertiary/aromatic N) is 2. The maximum atomic E-state index is 12.4. The van der Waals surface area contributed by atoms with E-state index in [0.717, 1.165) is 5.06 Å². The number of ether oxygens (including phenoxy) is 1. The van der Waals surface area contributed by atoms with Crippen molar-refractivity contribution in [1.82, 2.24) is 10.0 Å². The highest BCUT2D eigenvalue weighted by Gasteiger charge is 2.25. The topological polar surface area (TPSA) is 51.7 Å². The quantitative estimate of drug-likeness (QED) is 0.774. The number of pyridine rings is 1. The molecule has 0 saturated carbocycles. The van der Waals surface area contributed by atoms with Gasteiger partial charge in [-0.15, -0.1) is 0 Å². The van der Waals surface area contributed by atoms with E-state index < -0.39 is 18.4 Å². The van der Waals surface area contributed by atoms with Crippen molar-refractivity contribution in [2.24, 2.45) is 0 Å².